The van der Waals surface area contributed by atoms with Gasteiger partial charge in [-0.3, -0.25) is 0 Å². The van der Waals surface area contributed by atoms with E-state index in [2.05, 4.69) is 45.5 Å². The van der Waals surface area contributed by atoms with Crippen molar-refractivity contribution in [3.05, 3.63) is 33.8 Å². The Morgan fingerprint density at radius 3 is 3.00 bits per heavy atom. The average Bonchev–Trinajstić information content (AvgIpc) is 2.98. The summed E-state index contributed by atoms with van der Waals surface area (Å²) in [5.41, 5.74) is 2.87. The van der Waals surface area contributed by atoms with Crippen LogP contribution < -0.4 is 5.32 Å². The van der Waals surface area contributed by atoms with E-state index < -0.39 is 0 Å². The van der Waals surface area contributed by atoms with Gasteiger partial charge in [0, 0.05) is 16.6 Å². The number of nitrogens with zero attached hydrogens (tertiary/aromatic N) is 1. The zero-order chi connectivity index (χ0) is 12.5. The summed E-state index contributed by atoms with van der Waals surface area (Å²) in [6.45, 7) is 0. The lowest BCUT2D eigenvalue weighted by Crippen LogP contribution is -2.34. The van der Waals surface area contributed by atoms with Crippen molar-refractivity contribution in [3.8, 4) is 6.07 Å². The number of hydrogen-bond donors (Lipinski definition) is 1. The maximum Gasteiger partial charge on any atom is 0.0672 e. The van der Waals surface area contributed by atoms with Crippen LogP contribution in [0.2, 0.25) is 0 Å². The van der Waals surface area contributed by atoms with Crippen molar-refractivity contribution in [2.24, 2.45) is 5.92 Å². The van der Waals surface area contributed by atoms with Gasteiger partial charge in [0.25, 0.3) is 0 Å². The van der Waals surface area contributed by atoms with Crippen LogP contribution in [-0.4, -0.2) is 6.04 Å². The van der Waals surface area contributed by atoms with Crippen molar-refractivity contribution in [2.75, 3.05) is 0 Å². The van der Waals surface area contributed by atoms with Gasteiger partial charge in [0.05, 0.1) is 12.0 Å². The normalized spacial score (nSPS) is 30.1. The Kier molecular flexibility index (Phi) is 3.41. The fourth-order valence-electron chi connectivity index (χ4n) is 3.36. The molecule has 0 spiro atoms. The molecule has 2 nitrogen and oxygen atoms in total. The highest BCUT2D eigenvalue weighted by Gasteiger charge is 2.32. The second-order valence-corrected chi connectivity index (χ2v) is 6.19. The van der Waals surface area contributed by atoms with Gasteiger partial charge in [-0.05, 0) is 42.9 Å². The van der Waals surface area contributed by atoms with Crippen LogP contribution in [-0.2, 0) is 6.42 Å². The van der Waals surface area contributed by atoms with E-state index >= 15 is 0 Å². The standard InChI is InChI=1S/C15H17BrN2/c16-13-5-2-4-12-11(13)7-8-15(12)18-14-6-1-3-10(14)9-17/h2,4-5,10,14-15,18H,1,3,6-8H2. The quantitative estimate of drug-likeness (QED) is 0.904. The summed E-state index contributed by atoms with van der Waals surface area (Å²) in [4.78, 5) is 0. The highest BCUT2D eigenvalue weighted by atomic mass is 79.9. The van der Waals surface area contributed by atoms with Crippen LogP contribution in [0.4, 0.5) is 0 Å². The number of nitrogens with one attached hydrogen (secondary N) is 1. The van der Waals surface area contributed by atoms with E-state index in [1.165, 1.54) is 22.0 Å². The Hall–Kier alpha value is -0.850. The Labute approximate surface area is 117 Å². The largest absolute Gasteiger partial charge is 0.306 e. The van der Waals surface area contributed by atoms with Gasteiger partial charge < -0.3 is 5.32 Å². The first-order valence-electron chi connectivity index (χ1n) is 6.72. The summed E-state index contributed by atoms with van der Waals surface area (Å²) in [5, 5.41) is 12.9. The summed E-state index contributed by atoms with van der Waals surface area (Å²) in [5.74, 6) is 0.209. The smallest absolute Gasteiger partial charge is 0.0672 e. The molecule has 3 rings (SSSR count). The SMILES string of the molecule is N#CC1CCCC1NC1CCc2c(Br)cccc21. The van der Waals surface area contributed by atoms with Crippen molar-refractivity contribution in [3.63, 3.8) is 0 Å². The monoisotopic (exact) mass is 304 g/mol. The first kappa shape index (κ1) is 12.2. The molecule has 1 N–H and O–H groups in total. The van der Waals surface area contributed by atoms with Gasteiger partial charge in [-0.25, -0.2) is 0 Å². The lowest BCUT2D eigenvalue weighted by molar-refractivity contribution is 0.400. The Morgan fingerprint density at radius 2 is 2.17 bits per heavy atom. The summed E-state index contributed by atoms with van der Waals surface area (Å²) < 4.78 is 1.23. The van der Waals surface area contributed by atoms with Crippen LogP contribution in [0, 0.1) is 17.2 Å². The number of nitriles is 1. The fourth-order valence-corrected chi connectivity index (χ4v) is 3.94. The van der Waals surface area contributed by atoms with Crippen LogP contribution in [0.25, 0.3) is 0 Å². The second-order valence-electron chi connectivity index (χ2n) is 5.34. The predicted octanol–water partition coefficient (Wildman–Crippen LogP) is 3.72. The van der Waals surface area contributed by atoms with Gasteiger partial charge in [0.1, 0.15) is 0 Å². The molecule has 2 aliphatic carbocycles. The lowest BCUT2D eigenvalue weighted by atomic mass is 10.0. The molecule has 0 aromatic heterocycles. The van der Waals surface area contributed by atoms with E-state index in [4.69, 9.17) is 5.26 Å². The van der Waals surface area contributed by atoms with Crippen LogP contribution in [0.15, 0.2) is 22.7 Å². The first-order valence-corrected chi connectivity index (χ1v) is 7.52. The zero-order valence-corrected chi connectivity index (χ0v) is 11.9. The number of benzene rings is 1. The van der Waals surface area contributed by atoms with Crippen LogP contribution in [0.5, 0.6) is 0 Å². The third kappa shape index (κ3) is 2.08. The third-order valence-corrected chi connectivity index (χ3v) is 5.05. The maximum atomic E-state index is 9.15. The van der Waals surface area contributed by atoms with Gasteiger partial charge in [0.2, 0.25) is 0 Å². The van der Waals surface area contributed by atoms with Gasteiger partial charge in [0.15, 0.2) is 0 Å². The molecule has 0 saturated heterocycles. The molecule has 1 aromatic rings. The number of hydrogen-bond acceptors (Lipinski definition) is 2. The highest BCUT2D eigenvalue weighted by Crippen LogP contribution is 2.37. The molecule has 94 valence electrons. The van der Waals surface area contributed by atoms with Gasteiger partial charge in [-0.2, -0.15) is 5.26 Å². The second kappa shape index (κ2) is 5.03. The summed E-state index contributed by atoms with van der Waals surface area (Å²) in [6, 6.07) is 9.74. The van der Waals surface area contributed by atoms with Crippen LogP contribution in [0.1, 0.15) is 42.9 Å². The molecule has 0 radical (unpaired) electrons. The minimum atomic E-state index is 0.209. The van der Waals surface area contributed by atoms with E-state index in [0.29, 0.717) is 12.1 Å². The van der Waals surface area contributed by atoms with Crippen molar-refractivity contribution < 1.29 is 0 Å². The minimum absolute atomic E-state index is 0.209. The molecule has 3 atom stereocenters. The third-order valence-electron chi connectivity index (χ3n) is 4.31. The molecule has 1 fully saturated rings. The van der Waals surface area contributed by atoms with E-state index in [0.717, 1.165) is 25.7 Å². The molecule has 2 aliphatic rings. The Morgan fingerprint density at radius 1 is 1.28 bits per heavy atom. The van der Waals surface area contributed by atoms with Crippen molar-refractivity contribution in [1.82, 2.24) is 5.32 Å². The molecule has 0 bridgehead atoms. The molecule has 0 heterocycles. The maximum absolute atomic E-state index is 9.15. The van der Waals surface area contributed by atoms with Gasteiger partial charge >= 0.3 is 0 Å². The molecule has 1 aromatic carbocycles. The molecule has 3 heteroatoms. The number of fused-ring (bicyclic) bond motifs is 1. The van der Waals surface area contributed by atoms with Gasteiger partial charge in [-0.1, -0.05) is 34.5 Å². The fraction of sp³-hybridized carbons (Fsp3) is 0.533. The molecule has 0 amide bonds. The van der Waals surface area contributed by atoms with Crippen LogP contribution >= 0.6 is 15.9 Å². The highest BCUT2D eigenvalue weighted by molar-refractivity contribution is 9.10. The summed E-state index contributed by atoms with van der Waals surface area (Å²) in [7, 11) is 0. The van der Waals surface area contributed by atoms with E-state index in [9.17, 15) is 0 Å². The summed E-state index contributed by atoms with van der Waals surface area (Å²) >= 11 is 3.63. The van der Waals surface area contributed by atoms with E-state index in [1.54, 1.807) is 0 Å². The Bertz CT molecular complexity index is 492. The molecule has 1 saturated carbocycles. The molecular formula is C15H17BrN2. The Balaban J connectivity index is 1.77. The average molecular weight is 305 g/mol. The zero-order valence-electron chi connectivity index (χ0n) is 10.3. The van der Waals surface area contributed by atoms with Crippen molar-refractivity contribution in [2.45, 2.75) is 44.2 Å². The van der Waals surface area contributed by atoms with Crippen molar-refractivity contribution in [1.29, 1.82) is 5.26 Å². The molecule has 18 heavy (non-hydrogen) atoms. The number of halogens is 1. The molecular weight excluding hydrogens is 288 g/mol. The predicted molar refractivity (Wildman–Crippen MR) is 75.1 cm³/mol. The van der Waals surface area contributed by atoms with Crippen LogP contribution in [0.3, 0.4) is 0 Å². The minimum Gasteiger partial charge on any atom is -0.306 e. The topological polar surface area (TPSA) is 35.8 Å². The number of rotatable bonds is 2. The van der Waals surface area contributed by atoms with Gasteiger partial charge in [-0.15, -0.1) is 0 Å². The van der Waals surface area contributed by atoms with E-state index in [-0.39, 0.29) is 5.92 Å². The molecule has 3 unspecified atom stereocenters. The van der Waals surface area contributed by atoms with E-state index in [1.807, 2.05) is 0 Å². The first-order chi connectivity index (χ1) is 8.79. The van der Waals surface area contributed by atoms with Crippen molar-refractivity contribution >= 4 is 15.9 Å². The lowest BCUT2D eigenvalue weighted by Gasteiger charge is -2.22. The molecule has 0 aliphatic heterocycles. The summed E-state index contributed by atoms with van der Waals surface area (Å²) in [6.07, 6.45) is 5.70.